The van der Waals surface area contributed by atoms with Crippen molar-refractivity contribution < 1.29 is 5.11 Å². The molecule has 0 atom stereocenters. The van der Waals surface area contributed by atoms with Gasteiger partial charge in [-0.1, -0.05) is 11.6 Å². The van der Waals surface area contributed by atoms with Gasteiger partial charge in [-0.05, 0) is 34.6 Å². The van der Waals surface area contributed by atoms with Gasteiger partial charge in [-0.2, -0.15) is 0 Å². The largest absolute Gasteiger partial charge is 0.388 e. The first kappa shape index (κ1) is 13.2. The summed E-state index contributed by atoms with van der Waals surface area (Å²) in [4.78, 5) is 8.00. The minimum Gasteiger partial charge on any atom is -0.388 e. The molecular weight excluding hydrogens is 226 g/mol. The van der Waals surface area contributed by atoms with Gasteiger partial charge in [0.15, 0.2) is 0 Å². The second kappa shape index (κ2) is 4.18. The topological polar surface area (TPSA) is 58.0 Å². The van der Waals surface area contributed by atoms with Crippen molar-refractivity contribution in [2.45, 2.75) is 45.8 Å². The molecule has 1 aromatic rings. The van der Waals surface area contributed by atoms with Gasteiger partial charge in [-0.25, -0.2) is 9.97 Å². The van der Waals surface area contributed by atoms with Crippen molar-refractivity contribution in [2.75, 3.05) is 5.32 Å². The van der Waals surface area contributed by atoms with E-state index in [-0.39, 0.29) is 0 Å². The van der Waals surface area contributed by atoms with Crippen molar-refractivity contribution in [1.82, 2.24) is 9.97 Å². The molecule has 0 saturated heterocycles. The zero-order valence-corrected chi connectivity index (χ0v) is 11.1. The molecule has 0 aliphatic carbocycles. The second-order valence-electron chi connectivity index (χ2n) is 4.95. The summed E-state index contributed by atoms with van der Waals surface area (Å²) in [5, 5.41) is 13.6. The lowest BCUT2D eigenvalue weighted by atomic mass is 9.86. The molecule has 0 aliphatic heterocycles. The molecule has 0 saturated carbocycles. The maximum Gasteiger partial charge on any atom is 0.137 e. The first-order chi connectivity index (χ1) is 7.15. The van der Waals surface area contributed by atoms with E-state index in [4.69, 9.17) is 11.6 Å². The van der Waals surface area contributed by atoms with E-state index in [1.807, 2.05) is 20.8 Å². The number of nitrogens with zero attached hydrogens (tertiary/aromatic N) is 2. The molecule has 2 N–H and O–H groups in total. The molecule has 0 spiro atoms. The monoisotopic (exact) mass is 243 g/mol. The van der Waals surface area contributed by atoms with Crippen LogP contribution in [0.5, 0.6) is 0 Å². The van der Waals surface area contributed by atoms with Crippen LogP contribution in [-0.2, 0) is 0 Å². The fourth-order valence-corrected chi connectivity index (χ4v) is 1.14. The van der Waals surface area contributed by atoms with Gasteiger partial charge in [-0.15, -0.1) is 0 Å². The minimum atomic E-state index is -0.878. The number of hydrogen-bond donors (Lipinski definition) is 2. The van der Waals surface area contributed by atoms with E-state index in [0.29, 0.717) is 11.0 Å². The highest BCUT2D eigenvalue weighted by atomic mass is 35.5. The van der Waals surface area contributed by atoms with E-state index in [1.165, 1.54) is 6.33 Å². The molecule has 0 aromatic carbocycles. The standard InChI is InChI=1S/C11H18ClN3O/c1-7-8(12)13-6-14-9(7)15-10(2,3)11(4,5)16/h6,16H,1-5H3,(H,13,14,15). The van der Waals surface area contributed by atoms with Crippen LogP contribution in [0.2, 0.25) is 5.15 Å². The molecule has 0 amide bonds. The first-order valence-corrected chi connectivity index (χ1v) is 5.50. The molecule has 1 aromatic heterocycles. The van der Waals surface area contributed by atoms with E-state index >= 15 is 0 Å². The average Bonchev–Trinajstić information content (AvgIpc) is 2.11. The van der Waals surface area contributed by atoms with Crippen LogP contribution in [0.4, 0.5) is 5.82 Å². The number of aromatic nitrogens is 2. The molecule has 16 heavy (non-hydrogen) atoms. The Bertz CT molecular complexity index is 385. The van der Waals surface area contributed by atoms with E-state index in [2.05, 4.69) is 15.3 Å². The second-order valence-corrected chi connectivity index (χ2v) is 5.31. The van der Waals surface area contributed by atoms with Crippen molar-refractivity contribution in [3.8, 4) is 0 Å². The molecule has 1 heterocycles. The predicted molar refractivity (Wildman–Crippen MR) is 65.8 cm³/mol. The molecule has 4 nitrogen and oxygen atoms in total. The summed E-state index contributed by atoms with van der Waals surface area (Å²) >= 11 is 5.90. The normalized spacial score (nSPS) is 12.7. The van der Waals surface area contributed by atoms with E-state index in [1.54, 1.807) is 13.8 Å². The van der Waals surface area contributed by atoms with Gasteiger partial charge in [0, 0.05) is 5.56 Å². The lowest BCUT2D eigenvalue weighted by Crippen LogP contribution is -2.51. The third-order valence-electron chi connectivity index (χ3n) is 2.98. The number of hydrogen-bond acceptors (Lipinski definition) is 4. The fraction of sp³-hybridized carbons (Fsp3) is 0.636. The summed E-state index contributed by atoms with van der Waals surface area (Å²) < 4.78 is 0. The highest BCUT2D eigenvalue weighted by molar-refractivity contribution is 6.30. The van der Waals surface area contributed by atoms with Gasteiger partial charge >= 0.3 is 0 Å². The van der Waals surface area contributed by atoms with E-state index in [9.17, 15) is 5.11 Å². The molecular formula is C11H18ClN3O. The van der Waals surface area contributed by atoms with Crippen molar-refractivity contribution >= 4 is 17.4 Å². The summed E-state index contributed by atoms with van der Waals surface area (Å²) in [7, 11) is 0. The molecule has 90 valence electrons. The molecule has 0 radical (unpaired) electrons. The number of halogens is 1. The Morgan fingerprint density at radius 1 is 1.25 bits per heavy atom. The van der Waals surface area contributed by atoms with Crippen LogP contribution in [0.3, 0.4) is 0 Å². The van der Waals surface area contributed by atoms with Crippen LogP contribution in [0, 0.1) is 6.92 Å². The molecule has 0 unspecified atom stereocenters. The van der Waals surface area contributed by atoms with Crippen LogP contribution in [0.15, 0.2) is 6.33 Å². The van der Waals surface area contributed by atoms with Gasteiger partial charge in [0.25, 0.3) is 0 Å². The van der Waals surface area contributed by atoms with Gasteiger partial charge in [0.2, 0.25) is 0 Å². The highest BCUT2D eigenvalue weighted by Crippen LogP contribution is 2.27. The third kappa shape index (κ3) is 2.62. The maximum absolute atomic E-state index is 10.0. The van der Waals surface area contributed by atoms with Crippen LogP contribution in [0.1, 0.15) is 33.3 Å². The van der Waals surface area contributed by atoms with Gasteiger partial charge in [-0.3, -0.25) is 0 Å². The Hall–Kier alpha value is -0.870. The van der Waals surface area contributed by atoms with Gasteiger partial charge in [0.05, 0.1) is 11.1 Å². The summed E-state index contributed by atoms with van der Waals surface area (Å²) in [6.45, 7) is 9.15. The summed E-state index contributed by atoms with van der Waals surface area (Å²) in [5.41, 5.74) is -0.617. The minimum absolute atomic E-state index is 0.420. The molecule has 5 heteroatoms. The van der Waals surface area contributed by atoms with Crippen molar-refractivity contribution in [3.05, 3.63) is 17.0 Å². The SMILES string of the molecule is Cc1c(Cl)ncnc1NC(C)(C)C(C)(C)O. The Morgan fingerprint density at radius 3 is 2.31 bits per heavy atom. The van der Waals surface area contributed by atoms with Crippen LogP contribution < -0.4 is 5.32 Å². The smallest absolute Gasteiger partial charge is 0.137 e. The number of anilines is 1. The molecule has 0 fully saturated rings. The molecule has 0 aliphatic rings. The third-order valence-corrected chi connectivity index (χ3v) is 3.36. The summed E-state index contributed by atoms with van der Waals surface area (Å²) in [6, 6.07) is 0. The van der Waals surface area contributed by atoms with Crippen molar-refractivity contribution in [2.24, 2.45) is 0 Å². The van der Waals surface area contributed by atoms with Gasteiger partial charge in [0.1, 0.15) is 17.3 Å². The number of nitrogens with one attached hydrogen (secondary N) is 1. The molecule has 1 rings (SSSR count). The Balaban J connectivity index is 3.02. The Labute approximate surface area is 101 Å². The Kier molecular flexibility index (Phi) is 3.45. The lowest BCUT2D eigenvalue weighted by Gasteiger charge is -2.38. The lowest BCUT2D eigenvalue weighted by molar-refractivity contribution is 0.0238. The van der Waals surface area contributed by atoms with Gasteiger partial charge < -0.3 is 10.4 Å². The first-order valence-electron chi connectivity index (χ1n) is 5.13. The van der Waals surface area contributed by atoms with E-state index in [0.717, 1.165) is 5.56 Å². The fourth-order valence-electron chi connectivity index (χ4n) is 1.00. The zero-order chi connectivity index (χ0) is 12.6. The molecule has 0 bridgehead atoms. The number of aliphatic hydroxyl groups is 1. The van der Waals surface area contributed by atoms with Crippen molar-refractivity contribution in [3.63, 3.8) is 0 Å². The number of rotatable bonds is 3. The van der Waals surface area contributed by atoms with Crippen LogP contribution in [0.25, 0.3) is 0 Å². The Morgan fingerprint density at radius 2 is 1.81 bits per heavy atom. The van der Waals surface area contributed by atoms with Crippen LogP contribution in [-0.4, -0.2) is 26.2 Å². The predicted octanol–water partition coefficient (Wildman–Crippen LogP) is 2.40. The highest BCUT2D eigenvalue weighted by Gasteiger charge is 2.35. The van der Waals surface area contributed by atoms with E-state index < -0.39 is 11.1 Å². The average molecular weight is 244 g/mol. The summed E-state index contributed by atoms with van der Waals surface area (Å²) in [5.74, 6) is 0.645. The maximum atomic E-state index is 10.0. The van der Waals surface area contributed by atoms with Crippen LogP contribution >= 0.6 is 11.6 Å². The quantitative estimate of drug-likeness (QED) is 0.801. The van der Waals surface area contributed by atoms with Crippen molar-refractivity contribution in [1.29, 1.82) is 0 Å². The summed E-state index contributed by atoms with van der Waals surface area (Å²) in [6.07, 6.45) is 1.40. The zero-order valence-electron chi connectivity index (χ0n) is 10.3.